The number of nitro benzene ring substituents is 1. The van der Waals surface area contributed by atoms with E-state index in [0.717, 1.165) is 10.4 Å². The van der Waals surface area contributed by atoms with Crippen LogP contribution in [0.5, 0.6) is 0 Å². The summed E-state index contributed by atoms with van der Waals surface area (Å²) in [5.74, 6) is -1.05. The molecule has 1 N–H and O–H groups in total. The normalized spacial score (nSPS) is 11.9. The molecule has 0 atom stereocenters. The standard InChI is InChI=1S/C12H17FN2O5S/c1-3-4-14(5-6-16)21(19,20)10-7-9(2)12(13)11(8-10)15(17)18/h7-8,16H,3-6H2,1-2H3. The Kier molecular flexibility index (Phi) is 5.76. The van der Waals surface area contributed by atoms with Gasteiger partial charge in [-0.25, -0.2) is 8.42 Å². The highest BCUT2D eigenvalue weighted by Gasteiger charge is 2.28. The van der Waals surface area contributed by atoms with Crippen LogP contribution in [0.1, 0.15) is 18.9 Å². The van der Waals surface area contributed by atoms with E-state index < -0.39 is 26.5 Å². The lowest BCUT2D eigenvalue weighted by Crippen LogP contribution is -2.34. The van der Waals surface area contributed by atoms with Crippen molar-refractivity contribution in [2.24, 2.45) is 0 Å². The van der Waals surface area contributed by atoms with Crippen LogP contribution in [0.4, 0.5) is 10.1 Å². The number of hydrogen-bond donors (Lipinski definition) is 1. The second-order valence-corrected chi connectivity index (χ2v) is 6.40. The minimum Gasteiger partial charge on any atom is -0.395 e. The van der Waals surface area contributed by atoms with Crippen molar-refractivity contribution in [1.29, 1.82) is 0 Å². The van der Waals surface area contributed by atoms with Crippen molar-refractivity contribution in [1.82, 2.24) is 4.31 Å². The third kappa shape index (κ3) is 3.74. The number of halogens is 1. The fourth-order valence-corrected chi connectivity index (χ4v) is 3.49. The number of aliphatic hydroxyl groups is 1. The van der Waals surface area contributed by atoms with E-state index in [1.807, 2.05) is 0 Å². The molecule has 0 saturated heterocycles. The van der Waals surface area contributed by atoms with Crippen LogP contribution < -0.4 is 0 Å². The lowest BCUT2D eigenvalue weighted by atomic mass is 10.2. The topological polar surface area (TPSA) is 101 Å². The molecule has 0 spiro atoms. The third-order valence-corrected chi connectivity index (χ3v) is 4.74. The van der Waals surface area contributed by atoms with Crippen molar-refractivity contribution in [3.05, 3.63) is 33.6 Å². The number of rotatable bonds is 7. The molecule has 1 aromatic rings. The van der Waals surface area contributed by atoms with Gasteiger partial charge in [0, 0.05) is 19.2 Å². The van der Waals surface area contributed by atoms with Crippen molar-refractivity contribution in [2.75, 3.05) is 19.7 Å². The number of hydrogen-bond acceptors (Lipinski definition) is 5. The van der Waals surface area contributed by atoms with Gasteiger partial charge in [-0.1, -0.05) is 6.92 Å². The Morgan fingerprint density at radius 2 is 2.00 bits per heavy atom. The first-order chi connectivity index (χ1) is 9.75. The summed E-state index contributed by atoms with van der Waals surface area (Å²) in [7, 11) is -4.02. The SMILES string of the molecule is CCCN(CCO)S(=O)(=O)c1cc(C)c(F)c([N+](=O)[O-])c1. The van der Waals surface area contributed by atoms with Gasteiger partial charge in [0.05, 0.1) is 16.4 Å². The molecule has 0 aliphatic heterocycles. The summed E-state index contributed by atoms with van der Waals surface area (Å²) in [4.78, 5) is 9.48. The van der Waals surface area contributed by atoms with Crippen LogP contribution in [-0.4, -0.2) is 42.4 Å². The predicted octanol–water partition coefficient (Wildman–Crippen LogP) is 1.44. The maximum atomic E-state index is 13.6. The van der Waals surface area contributed by atoms with Gasteiger partial charge >= 0.3 is 5.69 Å². The van der Waals surface area contributed by atoms with Crippen LogP contribution in [0.25, 0.3) is 0 Å². The van der Waals surface area contributed by atoms with Gasteiger partial charge in [0.15, 0.2) is 0 Å². The fourth-order valence-electron chi connectivity index (χ4n) is 1.86. The molecule has 0 aliphatic carbocycles. The minimum atomic E-state index is -4.02. The number of benzene rings is 1. The number of aryl methyl sites for hydroxylation is 1. The third-order valence-electron chi connectivity index (χ3n) is 2.87. The second-order valence-electron chi connectivity index (χ2n) is 4.46. The highest BCUT2D eigenvalue weighted by atomic mass is 32.2. The molecule has 0 bridgehead atoms. The highest BCUT2D eigenvalue weighted by molar-refractivity contribution is 7.89. The zero-order valence-electron chi connectivity index (χ0n) is 11.7. The molecular weight excluding hydrogens is 303 g/mol. The Balaban J connectivity index is 3.40. The summed E-state index contributed by atoms with van der Waals surface area (Å²) in [6.45, 7) is 2.69. The molecule has 0 saturated carbocycles. The summed E-state index contributed by atoms with van der Waals surface area (Å²) in [6, 6.07) is 1.76. The Hall–Kier alpha value is -1.58. The Morgan fingerprint density at radius 1 is 1.38 bits per heavy atom. The number of sulfonamides is 1. The van der Waals surface area contributed by atoms with Crippen molar-refractivity contribution in [3.8, 4) is 0 Å². The molecule has 0 amide bonds. The summed E-state index contributed by atoms with van der Waals surface area (Å²) in [6.07, 6.45) is 0.515. The molecule has 118 valence electrons. The van der Waals surface area contributed by atoms with Crippen molar-refractivity contribution >= 4 is 15.7 Å². The molecule has 7 nitrogen and oxygen atoms in total. The largest absolute Gasteiger partial charge is 0.395 e. The van der Waals surface area contributed by atoms with Crippen LogP contribution >= 0.6 is 0 Å². The van der Waals surface area contributed by atoms with Gasteiger partial charge in [-0.3, -0.25) is 10.1 Å². The van der Waals surface area contributed by atoms with Gasteiger partial charge in [0.2, 0.25) is 15.8 Å². The highest BCUT2D eigenvalue weighted by Crippen LogP contribution is 2.27. The second kappa shape index (κ2) is 6.92. The summed E-state index contributed by atoms with van der Waals surface area (Å²) >= 11 is 0. The Labute approximate surface area is 122 Å². The van der Waals surface area contributed by atoms with Gasteiger partial charge in [-0.2, -0.15) is 8.70 Å². The van der Waals surface area contributed by atoms with E-state index in [0.29, 0.717) is 12.5 Å². The molecule has 0 unspecified atom stereocenters. The minimum absolute atomic E-state index is 0.122. The maximum absolute atomic E-state index is 13.6. The molecule has 0 heterocycles. The Bertz CT molecular complexity index is 627. The molecule has 0 fully saturated rings. The first-order valence-corrected chi connectivity index (χ1v) is 7.75. The number of nitrogens with zero attached hydrogens (tertiary/aromatic N) is 2. The zero-order chi connectivity index (χ0) is 16.2. The number of nitro groups is 1. The van der Waals surface area contributed by atoms with E-state index in [9.17, 15) is 22.9 Å². The smallest absolute Gasteiger partial charge is 0.306 e. The Morgan fingerprint density at radius 3 is 2.48 bits per heavy atom. The van der Waals surface area contributed by atoms with E-state index in [2.05, 4.69) is 0 Å². The maximum Gasteiger partial charge on any atom is 0.306 e. The first-order valence-electron chi connectivity index (χ1n) is 6.31. The predicted molar refractivity (Wildman–Crippen MR) is 73.9 cm³/mol. The summed E-state index contributed by atoms with van der Waals surface area (Å²) in [5.41, 5.74) is -1.00. The average molecular weight is 320 g/mol. The quantitative estimate of drug-likeness (QED) is 0.605. The molecule has 1 aromatic carbocycles. The van der Waals surface area contributed by atoms with Crippen molar-refractivity contribution in [2.45, 2.75) is 25.2 Å². The lowest BCUT2D eigenvalue weighted by molar-refractivity contribution is -0.387. The lowest BCUT2D eigenvalue weighted by Gasteiger charge is -2.20. The molecule has 9 heteroatoms. The first kappa shape index (κ1) is 17.5. The average Bonchev–Trinajstić information content (AvgIpc) is 2.40. The van der Waals surface area contributed by atoms with E-state index >= 15 is 0 Å². The van der Waals surface area contributed by atoms with Crippen LogP contribution in [0, 0.1) is 22.9 Å². The van der Waals surface area contributed by atoms with Crippen LogP contribution in [0.3, 0.4) is 0 Å². The van der Waals surface area contributed by atoms with Crippen molar-refractivity contribution in [3.63, 3.8) is 0 Å². The van der Waals surface area contributed by atoms with Gasteiger partial charge in [-0.05, 0) is 25.0 Å². The van der Waals surface area contributed by atoms with Crippen LogP contribution in [0.2, 0.25) is 0 Å². The van der Waals surface area contributed by atoms with Gasteiger partial charge in [0.1, 0.15) is 0 Å². The van der Waals surface area contributed by atoms with Gasteiger partial charge < -0.3 is 5.11 Å². The van der Waals surface area contributed by atoms with Crippen LogP contribution in [-0.2, 0) is 10.0 Å². The summed E-state index contributed by atoms with van der Waals surface area (Å²) in [5, 5.41) is 19.7. The molecule has 1 rings (SSSR count). The van der Waals surface area contributed by atoms with E-state index in [1.165, 1.54) is 6.92 Å². The zero-order valence-corrected chi connectivity index (χ0v) is 12.6. The molecular formula is C12H17FN2O5S. The summed E-state index contributed by atoms with van der Waals surface area (Å²) < 4.78 is 39.5. The van der Waals surface area contributed by atoms with Gasteiger partial charge in [0.25, 0.3) is 0 Å². The van der Waals surface area contributed by atoms with Gasteiger partial charge in [-0.15, -0.1) is 0 Å². The fraction of sp³-hybridized carbons (Fsp3) is 0.500. The molecule has 21 heavy (non-hydrogen) atoms. The number of aliphatic hydroxyl groups excluding tert-OH is 1. The van der Waals surface area contributed by atoms with Crippen molar-refractivity contribution < 1.29 is 22.8 Å². The van der Waals surface area contributed by atoms with E-state index in [4.69, 9.17) is 5.11 Å². The molecule has 0 aromatic heterocycles. The van der Waals surface area contributed by atoms with Crippen LogP contribution in [0.15, 0.2) is 17.0 Å². The monoisotopic (exact) mass is 320 g/mol. The molecule has 0 aliphatic rings. The van der Waals surface area contributed by atoms with E-state index in [1.54, 1.807) is 6.92 Å². The molecule has 0 radical (unpaired) electrons. The van der Waals surface area contributed by atoms with E-state index in [-0.39, 0.29) is 30.2 Å².